The number of thiazole rings is 1. The SMILES string of the molecule is Cc1csc(C)n1.Cc1nnc(C)o1.Cc1noc(C)n1. The minimum absolute atomic E-state index is 0.623. The molecule has 0 saturated heterocycles. The van der Waals surface area contributed by atoms with Crippen LogP contribution in [-0.4, -0.2) is 25.3 Å². The second-order valence-corrected chi connectivity index (χ2v) is 5.27. The summed E-state index contributed by atoms with van der Waals surface area (Å²) in [5.74, 6) is 2.56. The monoisotopic (exact) mass is 309 g/mol. The lowest BCUT2D eigenvalue weighted by atomic mass is 10.6. The van der Waals surface area contributed by atoms with Crippen LogP contribution in [0.15, 0.2) is 14.3 Å². The first kappa shape index (κ1) is 17.0. The molecule has 0 unspecified atom stereocenters. The molecule has 0 aliphatic rings. The molecule has 7 nitrogen and oxygen atoms in total. The maximum absolute atomic E-state index is 4.86. The van der Waals surface area contributed by atoms with Crippen molar-refractivity contribution in [3.63, 3.8) is 0 Å². The Morgan fingerprint density at radius 2 is 1.48 bits per heavy atom. The van der Waals surface area contributed by atoms with Crippen LogP contribution >= 0.6 is 11.3 Å². The molecule has 0 atom stereocenters. The standard InChI is InChI=1S/C5H7NS.2C4H6N2O/c1-4-3-7-5(2)6-4;1-3-5-6-4(2)7-3;1-3-5-4(2)7-6-3/h3H,1-2H3;2*1-2H3. The van der Waals surface area contributed by atoms with Crippen LogP contribution in [0.4, 0.5) is 0 Å². The maximum atomic E-state index is 4.86. The zero-order valence-corrected chi connectivity index (χ0v) is 13.9. The van der Waals surface area contributed by atoms with E-state index in [-0.39, 0.29) is 0 Å². The van der Waals surface area contributed by atoms with E-state index < -0.39 is 0 Å². The Labute approximate surface area is 127 Å². The average Bonchev–Trinajstić information content (AvgIpc) is 3.06. The highest BCUT2D eigenvalue weighted by Crippen LogP contribution is 2.04. The second kappa shape index (κ2) is 8.25. The predicted molar refractivity (Wildman–Crippen MR) is 79.1 cm³/mol. The number of hydrogen-bond donors (Lipinski definition) is 0. The third kappa shape index (κ3) is 7.31. The fourth-order valence-corrected chi connectivity index (χ4v) is 1.86. The lowest BCUT2D eigenvalue weighted by Crippen LogP contribution is -1.70. The van der Waals surface area contributed by atoms with Gasteiger partial charge < -0.3 is 8.94 Å². The van der Waals surface area contributed by atoms with Gasteiger partial charge in [0.05, 0.1) is 5.01 Å². The zero-order valence-electron chi connectivity index (χ0n) is 13.0. The van der Waals surface area contributed by atoms with Crippen molar-refractivity contribution in [3.05, 3.63) is 39.6 Å². The maximum Gasteiger partial charge on any atom is 0.223 e. The number of aromatic nitrogens is 5. The largest absolute Gasteiger partial charge is 0.426 e. The van der Waals surface area contributed by atoms with Crippen molar-refractivity contribution >= 4 is 11.3 Å². The fraction of sp³-hybridized carbons (Fsp3) is 0.462. The van der Waals surface area contributed by atoms with Gasteiger partial charge in [-0.25, -0.2) is 4.98 Å². The topological polar surface area (TPSA) is 90.7 Å². The van der Waals surface area contributed by atoms with Crippen molar-refractivity contribution in [1.82, 2.24) is 25.3 Å². The number of rotatable bonds is 0. The van der Waals surface area contributed by atoms with Gasteiger partial charge in [-0.05, 0) is 20.8 Å². The first-order chi connectivity index (χ1) is 9.86. The van der Waals surface area contributed by atoms with Gasteiger partial charge in [0.2, 0.25) is 17.7 Å². The number of hydrogen-bond acceptors (Lipinski definition) is 8. The highest BCUT2D eigenvalue weighted by molar-refractivity contribution is 7.09. The van der Waals surface area contributed by atoms with Crippen molar-refractivity contribution in [2.75, 3.05) is 0 Å². The van der Waals surface area contributed by atoms with E-state index in [2.05, 4.69) is 35.2 Å². The minimum atomic E-state index is 0.623. The summed E-state index contributed by atoms with van der Waals surface area (Å²) >= 11 is 1.69. The van der Waals surface area contributed by atoms with E-state index in [0.717, 1.165) is 10.7 Å². The van der Waals surface area contributed by atoms with Crippen molar-refractivity contribution in [1.29, 1.82) is 0 Å². The van der Waals surface area contributed by atoms with Gasteiger partial charge in [-0.1, -0.05) is 5.16 Å². The molecule has 0 saturated carbocycles. The van der Waals surface area contributed by atoms with Gasteiger partial charge in [0.15, 0.2) is 5.82 Å². The highest BCUT2D eigenvalue weighted by atomic mass is 32.1. The summed E-state index contributed by atoms with van der Waals surface area (Å²) in [4.78, 5) is 7.96. The Morgan fingerprint density at radius 3 is 1.62 bits per heavy atom. The van der Waals surface area contributed by atoms with Crippen LogP contribution < -0.4 is 0 Å². The molecule has 8 heteroatoms. The molecule has 114 valence electrons. The summed E-state index contributed by atoms with van der Waals surface area (Å²) in [6, 6.07) is 0. The van der Waals surface area contributed by atoms with E-state index in [1.54, 1.807) is 39.0 Å². The van der Waals surface area contributed by atoms with Gasteiger partial charge in [-0.3, -0.25) is 0 Å². The van der Waals surface area contributed by atoms with Gasteiger partial charge in [-0.2, -0.15) is 4.98 Å². The summed E-state index contributed by atoms with van der Waals surface area (Å²) in [5.41, 5.74) is 1.13. The summed E-state index contributed by atoms with van der Waals surface area (Å²) in [5, 5.41) is 13.9. The number of aryl methyl sites for hydroxylation is 6. The molecule has 0 bridgehead atoms. The Morgan fingerprint density at radius 1 is 0.857 bits per heavy atom. The van der Waals surface area contributed by atoms with Crippen LogP contribution in [0.2, 0.25) is 0 Å². The van der Waals surface area contributed by atoms with Gasteiger partial charge >= 0.3 is 0 Å². The molecule has 0 aromatic carbocycles. The summed E-state index contributed by atoms with van der Waals surface area (Å²) in [6.07, 6.45) is 0. The predicted octanol–water partition coefficient (Wildman–Crippen LogP) is 3.13. The van der Waals surface area contributed by atoms with Crippen molar-refractivity contribution in [3.8, 4) is 0 Å². The Balaban J connectivity index is 0.000000157. The highest BCUT2D eigenvalue weighted by Gasteiger charge is 1.90. The third-order valence-corrected chi connectivity index (χ3v) is 2.88. The molecule has 21 heavy (non-hydrogen) atoms. The summed E-state index contributed by atoms with van der Waals surface area (Å²) < 4.78 is 9.46. The summed E-state index contributed by atoms with van der Waals surface area (Å²) in [6.45, 7) is 11.1. The molecule has 3 rings (SSSR count). The lowest BCUT2D eigenvalue weighted by molar-refractivity contribution is 0.389. The number of nitrogens with zero attached hydrogens (tertiary/aromatic N) is 5. The Hall–Kier alpha value is -2.09. The molecule has 3 heterocycles. The first-order valence-corrected chi connectivity index (χ1v) is 7.17. The van der Waals surface area contributed by atoms with E-state index in [4.69, 9.17) is 4.42 Å². The van der Waals surface area contributed by atoms with E-state index >= 15 is 0 Å². The van der Waals surface area contributed by atoms with Crippen LogP contribution in [0, 0.1) is 41.5 Å². The van der Waals surface area contributed by atoms with Crippen LogP contribution in [0.3, 0.4) is 0 Å². The minimum Gasteiger partial charge on any atom is -0.426 e. The summed E-state index contributed by atoms with van der Waals surface area (Å²) in [7, 11) is 0. The van der Waals surface area contributed by atoms with Gasteiger partial charge in [0, 0.05) is 31.8 Å². The molecule has 0 spiro atoms. The Bertz CT molecular complexity index is 518. The second-order valence-electron chi connectivity index (χ2n) is 4.21. The van der Waals surface area contributed by atoms with Crippen LogP contribution in [0.5, 0.6) is 0 Å². The molecule has 0 fully saturated rings. The normalized spacial score (nSPS) is 9.43. The van der Waals surface area contributed by atoms with Crippen LogP contribution in [-0.2, 0) is 0 Å². The van der Waals surface area contributed by atoms with E-state index in [0.29, 0.717) is 23.5 Å². The zero-order chi connectivity index (χ0) is 15.8. The Kier molecular flexibility index (Phi) is 6.67. The molecule has 0 aliphatic carbocycles. The third-order valence-electron chi connectivity index (χ3n) is 1.99. The molecule has 0 N–H and O–H groups in total. The van der Waals surface area contributed by atoms with Crippen LogP contribution in [0.25, 0.3) is 0 Å². The smallest absolute Gasteiger partial charge is 0.223 e. The molecule has 0 radical (unpaired) electrons. The molecule has 3 aromatic rings. The average molecular weight is 309 g/mol. The molecule has 3 aromatic heterocycles. The molecule has 0 aliphatic heterocycles. The van der Waals surface area contributed by atoms with E-state index in [1.807, 2.05) is 13.8 Å². The fourth-order valence-electron chi connectivity index (χ4n) is 1.27. The van der Waals surface area contributed by atoms with Gasteiger partial charge in [0.1, 0.15) is 0 Å². The lowest BCUT2D eigenvalue weighted by Gasteiger charge is -1.71. The molecular formula is C13H19N5O2S. The van der Waals surface area contributed by atoms with Crippen molar-refractivity contribution in [2.24, 2.45) is 0 Å². The van der Waals surface area contributed by atoms with Gasteiger partial charge in [-0.15, -0.1) is 21.5 Å². The van der Waals surface area contributed by atoms with Crippen LogP contribution in [0.1, 0.15) is 34.2 Å². The van der Waals surface area contributed by atoms with Crippen molar-refractivity contribution in [2.45, 2.75) is 41.5 Å². The quantitative estimate of drug-likeness (QED) is 0.630. The molecule has 0 amide bonds. The van der Waals surface area contributed by atoms with E-state index in [1.165, 1.54) is 0 Å². The first-order valence-electron chi connectivity index (χ1n) is 6.29. The molecular weight excluding hydrogens is 290 g/mol. The van der Waals surface area contributed by atoms with Crippen molar-refractivity contribution < 1.29 is 8.94 Å². The van der Waals surface area contributed by atoms with Gasteiger partial charge in [0.25, 0.3) is 0 Å². The van der Waals surface area contributed by atoms with E-state index in [9.17, 15) is 0 Å².